The summed E-state index contributed by atoms with van der Waals surface area (Å²) in [6.45, 7) is 3.21. The number of aliphatic hydroxyl groups is 1. The molecule has 0 saturated carbocycles. The van der Waals surface area contributed by atoms with Gasteiger partial charge in [-0.15, -0.1) is 0 Å². The van der Waals surface area contributed by atoms with Gasteiger partial charge in [0.2, 0.25) is 0 Å². The van der Waals surface area contributed by atoms with Crippen LogP contribution in [0, 0.1) is 5.92 Å². The Balaban J connectivity index is 1.54. The molecule has 21 heavy (non-hydrogen) atoms. The highest BCUT2D eigenvalue weighted by molar-refractivity contribution is 5.78. The van der Waals surface area contributed by atoms with Gasteiger partial charge in [0.15, 0.2) is 6.61 Å². The molecule has 114 valence electrons. The highest BCUT2D eigenvalue weighted by atomic mass is 16.5. The molecule has 1 N–H and O–H groups in total. The number of amides is 1. The van der Waals surface area contributed by atoms with Crippen molar-refractivity contribution in [3.63, 3.8) is 0 Å². The molecule has 1 saturated heterocycles. The van der Waals surface area contributed by atoms with Crippen LogP contribution in [0.3, 0.4) is 0 Å². The van der Waals surface area contributed by atoms with Crippen molar-refractivity contribution in [2.75, 3.05) is 19.7 Å². The van der Waals surface area contributed by atoms with E-state index in [1.165, 1.54) is 17.5 Å². The Morgan fingerprint density at radius 2 is 2.19 bits per heavy atom. The van der Waals surface area contributed by atoms with Crippen molar-refractivity contribution < 1.29 is 14.6 Å². The second-order valence-electron chi connectivity index (χ2n) is 6.25. The normalized spacial score (nSPS) is 24.8. The number of fused-ring (bicyclic) bond motifs is 1. The zero-order valence-electron chi connectivity index (χ0n) is 12.5. The Kier molecular flexibility index (Phi) is 4.15. The third kappa shape index (κ3) is 3.21. The van der Waals surface area contributed by atoms with Gasteiger partial charge in [-0.25, -0.2) is 0 Å². The van der Waals surface area contributed by atoms with Gasteiger partial charge in [-0.1, -0.05) is 13.0 Å². The molecule has 0 aromatic heterocycles. The lowest BCUT2D eigenvalue weighted by molar-refractivity contribution is -0.137. The van der Waals surface area contributed by atoms with E-state index >= 15 is 0 Å². The number of β-amino-alcohol motifs (C(OH)–C–C–N with tert-alkyl or cyclic N) is 1. The van der Waals surface area contributed by atoms with Gasteiger partial charge >= 0.3 is 0 Å². The SMILES string of the molecule is CC1CCN(C(=O)COc2ccc3c(c2)CCC3)CC1O. The molecule has 1 heterocycles. The molecule has 2 unspecified atom stereocenters. The summed E-state index contributed by atoms with van der Waals surface area (Å²) < 4.78 is 5.64. The third-order valence-corrected chi connectivity index (χ3v) is 4.70. The molecule has 3 rings (SSSR count). The van der Waals surface area contributed by atoms with Crippen molar-refractivity contribution >= 4 is 5.91 Å². The number of hydrogen-bond acceptors (Lipinski definition) is 3. The first-order valence-corrected chi connectivity index (χ1v) is 7.84. The summed E-state index contributed by atoms with van der Waals surface area (Å²) in [7, 11) is 0. The lowest BCUT2D eigenvalue weighted by Gasteiger charge is -2.34. The summed E-state index contributed by atoms with van der Waals surface area (Å²) in [6, 6.07) is 6.11. The van der Waals surface area contributed by atoms with Crippen LogP contribution < -0.4 is 4.74 Å². The van der Waals surface area contributed by atoms with Crippen LogP contribution in [-0.4, -0.2) is 41.7 Å². The Morgan fingerprint density at radius 1 is 1.38 bits per heavy atom. The predicted octanol–water partition coefficient (Wildman–Crippen LogP) is 1.78. The number of piperidine rings is 1. The minimum Gasteiger partial charge on any atom is -0.484 e. The fourth-order valence-corrected chi connectivity index (χ4v) is 3.15. The molecule has 1 fully saturated rings. The van der Waals surface area contributed by atoms with Crippen LogP contribution in [0.25, 0.3) is 0 Å². The van der Waals surface area contributed by atoms with Crippen molar-refractivity contribution in [1.82, 2.24) is 4.90 Å². The number of benzene rings is 1. The van der Waals surface area contributed by atoms with E-state index in [0.717, 1.165) is 25.0 Å². The molecular formula is C17H23NO3. The summed E-state index contributed by atoms with van der Waals surface area (Å²) in [5.41, 5.74) is 2.75. The van der Waals surface area contributed by atoms with E-state index in [-0.39, 0.29) is 18.4 Å². The number of likely N-dealkylation sites (tertiary alicyclic amines) is 1. The number of aliphatic hydroxyl groups excluding tert-OH is 1. The van der Waals surface area contributed by atoms with Crippen molar-refractivity contribution in [1.29, 1.82) is 0 Å². The number of nitrogens with zero attached hydrogens (tertiary/aromatic N) is 1. The van der Waals surface area contributed by atoms with Gasteiger partial charge in [0, 0.05) is 13.1 Å². The van der Waals surface area contributed by atoms with Crippen LogP contribution in [0.4, 0.5) is 0 Å². The van der Waals surface area contributed by atoms with Crippen molar-refractivity contribution in [2.24, 2.45) is 5.92 Å². The van der Waals surface area contributed by atoms with E-state index in [4.69, 9.17) is 4.74 Å². The predicted molar refractivity (Wildman–Crippen MR) is 80.3 cm³/mol. The highest BCUT2D eigenvalue weighted by Crippen LogP contribution is 2.26. The molecule has 1 aromatic carbocycles. The van der Waals surface area contributed by atoms with Gasteiger partial charge in [0.05, 0.1) is 6.10 Å². The summed E-state index contributed by atoms with van der Waals surface area (Å²) in [5.74, 6) is 1.00. The fraction of sp³-hybridized carbons (Fsp3) is 0.588. The summed E-state index contributed by atoms with van der Waals surface area (Å²) in [4.78, 5) is 13.9. The van der Waals surface area contributed by atoms with E-state index in [9.17, 15) is 9.90 Å². The largest absolute Gasteiger partial charge is 0.484 e. The van der Waals surface area contributed by atoms with E-state index in [1.54, 1.807) is 4.90 Å². The maximum Gasteiger partial charge on any atom is 0.260 e. The van der Waals surface area contributed by atoms with E-state index in [2.05, 4.69) is 12.1 Å². The van der Waals surface area contributed by atoms with Gasteiger partial charge < -0.3 is 14.7 Å². The molecule has 0 spiro atoms. The van der Waals surface area contributed by atoms with Crippen LogP contribution in [0.2, 0.25) is 0 Å². The molecule has 0 radical (unpaired) electrons. The van der Waals surface area contributed by atoms with Crippen LogP contribution >= 0.6 is 0 Å². The molecule has 1 aliphatic carbocycles. The minimum atomic E-state index is -0.414. The molecular weight excluding hydrogens is 266 g/mol. The standard InChI is InChI=1S/C17H23NO3/c1-12-7-8-18(10-16(12)19)17(20)11-21-15-6-5-13-3-2-4-14(13)9-15/h5-6,9,12,16,19H,2-4,7-8,10-11H2,1H3. The first kappa shape index (κ1) is 14.4. The van der Waals surface area contributed by atoms with E-state index in [0.29, 0.717) is 13.1 Å². The quantitative estimate of drug-likeness (QED) is 0.923. The van der Waals surface area contributed by atoms with Crippen LogP contribution in [0.15, 0.2) is 18.2 Å². The van der Waals surface area contributed by atoms with Gasteiger partial charge in [0.25, 0.3) is 5.91 Å². The fourth-order valence-electron chi connectivity index (χ4n) is 3.15. The maximum atomic E-state index is 12.1. The first-order chi connectivity index (χ1) is 10.1. The number of hydrogen-bond donors (Lipinski definition) is 1. The second kappa shape index (κ2) is 6.06. The molecule has 4 heteroatoms. The van der Waals surface area contributed by atoms with E-state index in [1.807, 2.05) is 13.0 Å². The lowest BCUT2D eigenvalue weighted by atomic mass is 9.96. The Hall–Kier alpha value is -1.55. The minimum absolute atomic E-state index is 0.0403. The van der Waals surface area contributed by atoms with Crippen LogP contribution in [0.5, 0.6) is 5.75 Å². The number of carbonyl (C=O) groups excluding carboxylic acids is 1. The number of ether oxygens (including phenoxy) is 1. The monoisotopic (exact) mass is 289 g/mol. The lowest BCUT2D eigenvalue weighted by Crippen LogP contribution is -2.47. The van der Waals surface area contributed by atoms with Crippen molar-refractivity contribution in [3.05, 3.63) is 29.3 Å². The first-order valence-electron chi connectivity index (χ1n) is 7.84. The molecule has 1 amide bonds. The zero-order valence-corrected chi connectivity index (χ0v) is 12.5. The molecule has 1 aliphatic heterocycles. The van der Waals surface area contributed by atoms with Gasteiger partial charge in [-0.2, -0.15) is 0 Å². The van der Waals surface area contributed by atoms with Crippen LogP contribution in [-0.2, 0) is 17.6 Å². The maximum absolute atomic E-state index is 12.1. The van der Waals surface area contributed by atoms with Gasteiger partial charge in [-0.05, 0) is 54.9 Å². The smallest absolute Gasteiger partial charge is 0.260 e. The molecule has 2 atom stereocenters. The molecule has 4 nitrogen and oxygen atoms in total. The summed E-state index contributed by atoms with van der Waals surface area (Å²) in [5, 5.41) is 9.85. The zero-order chi connectivity index (χ0) is 14.8. The van der Waals surface area contributed by atoms with Crippen molar-refractivity contribution in [2.45, 2.75) is 38.7 Å². The molecule has 2 aliphatic rings. The highest BCUT2D eigenvalue weighted by Gasteiger charge is 2.27. The Labute approximate surface area is 125 Å². The number of aryl methyl sites for hydroxylation is 2. The summed E-state index contributed by atoms with van der Waals surface area (Å²) >= 11 is 0. The van der Waals surface area contributed by atoms with Gasteiger partial charge in [-0.3, -0.25) is 4.79 Å². The molecule has 1 aromatic rings. The van der Waals surface area contributed by atoms with E-state index < -0.39 is 6.10 Å². The van der Waals surface area contributed by atoms with Gasteiger partial charge in [0.1, 0.15) is 5.75 Å². The average Bonchev–Trinajstić information content (AvgIpc) is 2.95. The molecule has 0 bridgehead atoms. The average molecular weight is 289 g/mol. The number of carbonyl (C=O) groups is 1. The summed E-state index contributed by atoms with van der Waals surface area (Å²) in [6.07, 6.45) is 3.91. The van der Waals surface area contributed by atoms with Crippen LogP contribution in [0.1, 0.15) is 30.9 Å². The topological polar surface area (TPSA) is 49.8 Å². The Morgan fingerprint density at radius 3 is 3.00 bits per heavy atom. The van der Waals surface area contributed by atoms with Crippen molar-refractivity contribution in [3.8, 4) is 5.75 Å². The number of rotatable bonds is 3. The third-order valence-electron chi connectivity index (χ3n) is 4.70. The Bertz CT molecular complexity index is 529. The second-order valence-corrected chi connectivity index (χ2v) is 6.25.